The number of fused-ring (bicyclic) bond motifs is 3. The van der Waals surface area contributed by atoms with Gasteiger partial charge in [0.2, 0.25) is 0 Å². The predicted molar refractivity (Wildman–Crippen MR) is 114 cm³/mol. The van der Waals surface area contributed by atoms with Gasteiger partial charge in [0.15, 0.2) is 0 Å². The Balaban J connectivity index is 1.47. The summed E-state index contributed by atoms with van der Waals surface area (Å²) in [6.45, 7) is 0. The van der Waals surface area contributed by atoms with E-state index in [1.807, 2.05) is 0 Å². The van der Waals surface area contributed by atoms with Crippen LogP contribution in [0.15, 0.2) is 0 Å². The summed E-state index contributed by atoms with van der Waals surface area (Å²) >= 11 is 0. The van der Waals surface area contributed by atoms with Crippen molar-refractivity contribution in [2.75, 3.05) is 0 Å². The van der Waals surface area contributed by atoms with Gasteiger partial charge in [0.25, 0.3) is 0 Å². The third-order valence-corrected chi connectivity index (χ3v) is 10.3. The Labute approximate surface area is 172 Å². The summed E-state index contributed by atoms with van der Waals surface area (Å²) in [6.07, 6.45) is 21.3. The fourth-order valence-electron chi connectivity index (χ4n) is 9.27. The van der Waals surface area contributed by atoms with Crippen molar-refractivity contribution in [2.45, 2.75) is 115 Å². The van der Waals surface area contributed by atoms with Gasteiger partial charge in [-0.1, -0.05) is 25.7 Å². The molecule has 160 valence electrons. The Morgan fingerprint density at radius 1 is 0.357 bits per heavy atom. The second kappa shape index (κ2) is 8.58. The average Bonchev–Trinajstić information content (AvgIpc) is 2.74. The lowest BCUT2D eigenvalue weighted by Gasteiger charge is -2.60. The fourth-order valence-corrected chi connectivity index (χ4v) is 9.27. The molecule has 5 aliphatic carbocycles. The largest absolute Gasteiger partial charge is 0.393 e. The van der Waals surface area contributed by atoms with E-state index in [2.05, 4.69) is 0 Å². The maximum absolute atomic E-state index is 10.2. The summed E-state index contributed by atoms with van der Waals surface area (Å²) in [5.41, 5.74) is 0. The lowest BCUT2D eigenvalue weighted by molar-refractivity contribution is -0.119. The Hall–Kier alpha value is -0.0800. The molecule has 0 saturated heterocycles. The van der Waals surface area contributed by atoms with E-state index in [-0.39, 0.29) is 12.2 Å². The Morgan fingerprint density at radius 2 is 0.679 bits per heavy atom. The van der Waals surface area contributed by atoms with Crippen LogP contribution in [-0.2, 0) is 0 Å². The minimum Gasteiger partial charge on any atom is -0.393 e. The van der Waals surface area contributed by atoms with Crippen molar-refractivity contribution in [1.82, 2.24) is 0 Å². The third kappa shape index (κ3) is 3.70. The van der Waals surface area contributed by atoms with Crippen molar-refractivity contribution in [1.29, 1.82) is 0 Å². The number of hydrogen-bond donors (Lipinski definition) is 2. The summed E-state index contributed by atoms with van der Waals surface area (Å²) in [5.74, 6) is 7.69. The lowest BCUT2D eigenvalue weighted by Crippen LogP contribution is -2.54. The van der Waals surface area contributed by atoms with Gasteiger partial charge in [0.05, 0.1) is 12.2 Å². The van der Waals surface area contributed by atoms with Crippen molar-refractivity contribution in [3.63, 3.8) is 0 Å². The van der Waals surface area contributed by atoms with Gasteiger partial charge in [-0.05, 0) is 124 Å². The van der Waals surface area contributed by atoms with E-state index in [1.165, 1.54) is 77.0 Å². The van der Waals surface area contributed by atoms with Crippen LogP contribution in [0.5, 0.6) is 0 Å². The first-order valence-electron chi connectivity index (χ1n) is 13.1. The standard InChI is InChI=1S/C26H44O2/c27-19-13-9-17(10-14-19)25-23-7-3-1-5-21(23)22-6-2-4-8-24(22)26(25)18-11-15-20(28)16-12-18/h17-28H,1-16H2/t17?,18?,19?,20?,21-,22-,23-,24+,25-,26+/m0/s1. The van der Waals surface area contributed by atoms with Gasteiger partial charge in [0.1, 0.15) is 0 Å². The molecule has 2 nitrogen and oxygen atoms in total. The van der Waals surface area contributed by atoms with E-state index in [9.17, 15) is 10.2 Å². The number of rotatable bonds is 2. The molecule has 5 aliphatic rings. The Morgan fingerprint density at radius 3 is 1.04 bits per heavy atom. The fraction of sp³-hybridized carbons (Fsp3) is 1.00. The number of aliphatic hydroxyl groups excluding tert-OH is 2. The van der Waals surface area contributed by atoms with Crippen LogP contribution in [0.3, 0.4) is 0 Å². The molecule has 0 heterocycles. The quantitative estimate of drug-likeness (QED) is 0.614. The van der Waals surface area contributed by atoms with Crippen molar-refractivity contribution in [3.8, 4) is 0 Å². The highest BCUT2D eigenvalue weighted by Crippen LogP contribution is 2.62. The van der Waals surface area contributed by atoms with E-state index in [0.29, 0.717) is 0 Å². The molecule has 5 saturated carbocycles. The molecule has 2 heteroatoms. The van der Waals surface area contributed by atoms with Crippen LogP contribution < -0.4 is 0 Å². The molecule has 2 N–H and O–H groups in total. The van der Waals surface area contributed by atoms with Crippen molar-refractivity contribution >= 4 is 0 Å². The molecule has 5 rings (SSSR count). The SMILES string of the molecule is OC1CCC([C@@H]2[C@@H]3CCCC[C@H]3[C@@H]3CCCC[C@@H]3[C@@H]2C2CCC(O)CC2)CC1. The first-order chi connectivity index (χ1) is 13.7. The molecule has 0 aromatic heterocycles. The lowest BCUT2D eigenvalue weighted by atomic mass is 9.45. The maximum atomic E-state index is 10.2. The summed E-state index contributed by atoms with van der Waals surface area (Å²) in [6, 6.07) is 0. The molecule has 0 radical (unpaired) electrons. The molecule has 0 spiro atoms. The predicted octanol–water partition coefficient (Wildman–Crippen LogP) is 5.95. The molecular weight excluding hydrogens is 344 g/mol. The van der Waals surface area contributed by atoms with Crippen LogP contribution in [0.2, 0.25) is 0 Å². The van der Waals surface area contributed by atoms with Crippen molar-refractivity contribution in [2.24, 2.45) is 47.3 Å². The molecule has 6 atom stereocenters. The van der Waals surface area contributed by atoms with Gasteiger partial charge in [-0.3, -0.25) is 0 Å². The summed E-state index contributed by atoms with van der Waals surface area (Å²) in [7, 11) is 0. The van der Waals surface area contributed by atoms with Gasteiger partial charge in [-0.2, -0.15) is 0 Å². The number of aliphatic hydroxyl groups is 2. The van der Waals surface area contributed by atoms with E-state index in [4.69, 9.17) is 0 Å². The second-order valence-electron chi connectivity index (χ2n) is 11.5. The molecule has 0 aliphatic heterocycles. The van der Waals surface area contributed by atoms with Crippen molar-refractivity contribution in [3.05, 3.63) is 0 Å². The molecule has 0 aromatic rings. The molecule has 0 amide bonds. The van der Waals surface area contributed by atoms with E-state index in [1.54, 1.807) is 0 Å². The Bertz CT molecular complexity index is 457. The van der Waals surface area contributed by atoms with Gasteiger partial charge >= 0.3 is 0 Å². The molecule has 28 heavy (non-hydrogen) atoms. The molecule has 0 bridgehead atoms. The van der Waals surface area contributed by atoms with Crippen LogP contribution in [0.25, 0.3) is 0 Å². The first-order valence-corrected chi connectivity index (χ1v) is 13.1. The van der Waals surface area contributed by atoms with Crippen LogP contribution in [0.4, 0.5) is 0 Å². The van der Waals surface area contributed by atoms with Crippen LogP contribution in [0.1, 0.15) is 103 Å². The highest BCUT2D eigenvalue weighted by atomic mass is 16.3. The van der Waals surface area contributed by atoms with Gasteiger partial charge < -0.3 is 10.2 Å². The van der Waals surface area contributed by atoms with Crippen LogP contribution >= 0.6 is 0 Å². The summed E-state index contributed by atoms with van der Waals surface area (Å²) < 4.78 is 0. The third-order valence-electron chi connectivity index (χ3n) is 10.3. The minimum absolute atomic E-state index is 0.0206. The highest BCUT2D eigenvalue weighted by molar-refractivity contribution is 5.03. The topological polar surface area (TPSA) is 40.5 Å². The molecule has 0 unspecified atom stereocenters. The first kappa shape index (κ1) is 19.9. The van der Waals surface area contributed by atoms with Gasteiger partial charge in [-0.25, -0.2) is 0 Å². The monoisotopic (exact) mass is 388 g/mol. The molecule has 0 aromatic carbocycles. The zero-order valence-electron chi connectivity index (χ0n) is 18.0. The van der Waals surface area contributed by atoms with Crippen LogP contribution in [-0.4, -0.2) is 22.4 Å². The minimum atomic E-state index is -0.0206. The zero-order chi connectivity index (χ0) is 19.1. The zero-order valence-corrected chi connectivity index (χ0v) is 18.0. The van der Waals surface area contributed by atoms with Gasteiger partial charge in [0, 0.05) is 0 Å². The number of hydrogen-bond acceptors (Lipinski definition) is 2. The maximum Gasteiger partial charge on any atom is 0.0540 e. The van der Waals surface area contributed by atoms with Crippen molar-refractivity contribution < 1.29 is 10.2 Å². The van der Waals surface area contributed by atoms with Gasteiger partial charge in [-0.15, -0.1) is 0 Å². The average molecular weight is 389 g/mol. The summed E-state index contributed by atoms with van der Waals surface area (Å²) in [4.78, 5) is 0. The Kier molecular flexibility index (Phi) is 6.08. The molecule has 5 fully saturated rings. The van der Waals surface area contributed by atoms with E-state index < -0.39 is 0 Å². The normalized spacial score (nSPS) is 52.5. The van der Waals surface area contributed by atoms with E-state index >= 15 is 0 Å². The summed E-state index contributed by atoms with van der Waals surface area (Å²) in [5, 5.41) is 20.3. The second-order valence-corrected chi connectivity index (χ2v) is 11.5. The van der Waals surface area contributed by atoms with E-state index in [0.717, 1.165) is 73.0 Å². The molecular formula is C26H44O2. The van der Waals surface area contributed by atoms with Crippen LogP contribution in [0, 0.1) is 47.3 Å². The smallest absolute Gasteiger partial charge is 0.0540 e. The highest BCUT2D eigenvalue weighted by Gasteiger charge is 2.54.